The van der Waals surface area contributed by atoms with Crippen LogP contribution in [0.3, 0.4) is 0 Å². The van der Waals surface area contributed by atoms with E-state index in [2.05, 4.69) is 53.6 Å². The Balaban J connectivity index is 2.04. The van der Waals surface area contributed by atoms with E-state index in [4.69, 9.17) is 0 Å². The van der Waals surface area contributed by atoms with Crippen LogP contribution in [-0.4, -0.2) is 4.98 Å². The number of rotatable bonds is 2. The molecular weight excluding hydrogens is 194 g/mol. The molecule has 0 fully saturated rings. The Morgan fingerprint density at radius 2 is 1.81 bits per heavy atom. The predicted molar refractivity (Wildman–Crippen MR) is 66.4 cm³/mol. The molecular formula is C15H12N. The van der Waals surface area contributed by atoms with Gasteiger partial charge in [0.2, 0.25) is 0 Å². The van der Waals surface area contributed by atoms with Gasteiger partial charge in [-0.25, -0.2) is 0 Å². The third kappa shape index (κ3) is 1.61. The van der Waals surface area contributed by atoms with Crippen LogP contribution in [0.1, 0.15) is 11.1 Å². The van der Waals surface area contributed by atoms with Gasteiger partial charge in [0.25, 0.3) is 0 Å². The molecule has 0 saturated heterocycles. The van der Waals surface area contributed by atoms with E-state index in [1.165, 1.54) is 16.5 Å². The van der Waals surface area contributed by atoms with Crippen molar-refractivity contribution in [2.45, 2.75) is 6.42 Å². The van der Waals surface area contributed by atoms with Crippen molar-refractivity contribution in [1.29, 1.82) is 0 Å². The average Bonchev–Trinajstić information content (AvgIpc) is 2.80. The van der Waals surface area contributed by atoms with E-state index in [9.17, 15) is 0 Å². The Morgan fingerprint density at radius 1 is 0.938 bits per heavy atom. The molecule has 16 heavy (non-hydrogen) atoms. The number of H-pyrrole nitrogens is 1. The maximum absolute atomic E-state index is 3.12. The third-order valence-corrected chi connectivity index (χ3v) is 2.86. The highest BCUT2D eigenvalue weighted by Gasteiger charge is 2.02. The molecule has 1 N–H and O–H groups in total. The average molecular weight is 206 g/mol. The summed E-state index contributed by atoms with van der Waals surface area (Å²) < 4.78 is 0. The molecule has 3 aromatic rings. The molecule has 1 aromatic heterocycles. The topological polar surface area (TPSA) is 15.8 Å². The standard InChI is InChI=1S/C15H12N/c1-2-5-12(6-3-1)11-13-7-4-8-15-14(13)9-10-16-15/h1-9,16H,11H2. The minimum Gasteiger partial charge on any atom is -0.353 e. The molecule has 3 rings (SSSR count). The van der Waals surface area contributed by atoms with Crippen LogP contribution in [0.2, 0.25) is 0 Å². The second kappa shape index (κ2) is 3.86. The molecule has 0 bridgehead atoms. The zero-order valence-corrected chi connectivity index (χ0v) is 8.90. The molecule has 1 nitrogen and oxygen atoms in total. The predicted octanol–water partition coefficient (Wildman–Crippen LogP) is 3.56. The number of nitrogens with one attached hydrogen (secondary N) is 1. The molecule has 0 aliphatic heterocycles. The number of fused-ring (bicyclic) bond motifs is 1. The third-order valence-electron chi connectivity index (χ3n) is 2.86. The van der Waals surface area contributed by atoms with Gasteiger partial charge >= 0.3 is 0 Å². The smallest absolute Gasteiger partial charge is 0.0630 e. The Kier molecular flexibility index (Phi) is 2.22. The first kappa shape index (κ1) is 9.22. The van der Waals surface area contributed by atoms with Crippen LogP contribution in [0.25, 0.3) is 10.9 Å². The molecule has 0 saturated carbocycles. The second-order valence-corrected chi connectivity index (χ2v) is 3.95. The van der Waals surface area contributed by atoms with Crippen LogP contribution >= 0.6 is 0 Å². The van der Waals surface area contributed by atoms with E-state index in [0.717, 1.165) is 11.9 Å². The summed E-state index contributed by atoms with van der Waals surface area (Å²) in [4.78, 5) is 3.12. The van der Waals surface area contributed by atoms with Crippen molar-refractivity contribution in [2.24, 2.45) is 0 Å². The lowest BCUT2D eigenvalue weighted by molar-refractivity contribution is 1.21. The minimum absolute atomic E-state index is 0.976. The SMILES string of the molecule is [c]1cc2c(Cc3ccccc3)cccc2[nH]1. The summed E-state index contributed by atoms with van der Waals surface area (Å²) in [6.45, 7) is 0. The van der Waals surface area contributed by atoms with E-state index in [1.54, 1.807) is 0 Å². The van der Waals surface area contributed by atoms with Gasteiger partial charge in [-0.1, -0.05) is 42.5 Å². The lowest BCUT2D eigenvalue weighted by Crippen LogP contribution is -1.87. The molecule has 0 unspecified atom stereocenters. The van der Waals surface area contributed by atoms with Gasteiger partial charge in [-0.3, -0.25) is 0 Å². The second-order valence-electron chi connectivity index (χ2n) is 3.95. The van der Waals surface area contributed by atoms with E-state index in [0.29, 0.717) is 0 Å². The van der Waals surface area contributed by atoms with Gasteiger partial charge in [0.15, 0.2) is 0 Å². The fourth-order valence-corrected chi connectivity index (χ4v) is 2.05. The Hall–Kier alpha value is -2.02. The number of benzene rings is 2. The molecule has 1 radical (unpaired) electrons. The van der Waals surface area contributed by atoms with Crippen LogP contribution < -0.4 is 0 Å². The van der Waals surface area contributed by atoms with Crippen LogP contribution in [0, 0.1) is 6.20 Å². The molecule has 1 heteroatoms. The fourth-order valence-electron chi connectivity index (χ4n) is 2.05. The van der Waals surface area contributed by atoms with Crippen molar-refractivity contribution in [1.82, 2.24) is 4.98 Å². The molecule has 0 aliphatic carbocycles. The molecule has 0 aliphatic rings. The maximum Gasteiger partial charge on any atom is 0.0630 e. The summed E-state index contributed by atoms with van der Waals surface area (Å²) in [5, 5.41) is 1.27. The Labute approximate surface area is 94.7 Å². The van der Waals surface area contributed by atoms with Crippen molar-refractivity contribution in [3.63, 3.8) is 0 Å². The summed E-state index contributed by atoms with van der Waals surface area (Å²) in [7, 11) is 0. The van der Waals surface area contributed by atoms with Gasteiger partial charge in [-0.05, 0) is 29.7 Å². The van der Waals surface area contributed by atoms with Gasteiger partial charge in [-0.2, -0.15) is 0 Å². The molecule has 1 heterocycles. The van der Waals surface area contributed by atoms with Crippen LogP contribution in [0.15, 0.2) is 54.6 Å². The molecule has 0 atom stereocenters. The van der Waals surface area contributed by atoms with E-state index >= 15 is 0 Å². The van der Waals surface area contributed by atoms with Crippen LogP contribution in [-0.2, 0) is 6.42 Å². The fraction of sp³-hybridized carbons (Fsp3) is 0.0667. The summed E-state index contributed by atoms with van der Waals surface area (Å²) in [6, 6.07) is 18.9. The van der Waals surface area contributed by atoms with E-state index in [1.807, 2.05) is 12.1 Å². The van der Waals surface area contributed by atoms with Gasteiger partial charge in [-0.15, -0.1) is 0 Å². The van der Waals surface area contributed by atoms with Crippen LogP contribution in [0.4, 0.5) is 0 Å². The molecule has 77 valence electrons. The minimum atomic E-state index is 0.976. The normalized spacial score (nSPS) is 10.8. The maximum atomic E-state index is 3.12. The summed E-state index contributed by atoms with van der Waals surface area (Å²) >= 11 is 0. The Morgan fingerprint density at radius 3 is 2.69 bits per heavy atom. The van der Waals surface area contributed by atoms with Gasteiger partial charge < -0.3 is 4.98 Å². The lowest BCUT2D eigenvalue weighted by atomic mass is 10.0. The number of hydrogen-bond acceptors (Lipinski definition) is 0. The van der Waals surface area contributed by atoms with Crippen molar-refractivity contribution in [3.05, 3.63) is 71.9 Å². The summed E-state index contributed by atoms with van der Waals surface area (Å²) in [5.74, 6) is 0. The van der Waals surface area contributed by atoms with Crippen molar-refractivity contribution < 1.29 is 0 Å². The van der Waals surface area contributed by atoms with E-state index in [-0.39, 0.29) is 0 Å². The number of hydrogen-bond donors (Lipinski definition) is 1. The first-order valence-corrected chi connectivity index (χ1v) is 5.44. The highest BCUT2D eigenvalue weighted by molar-refractivity contribution is 5.83. The van der Waals surface area contributed by atoms with Crippen LogP contribution in [0.5, 0.6) is 0 Å². The lowest BCUT2D eigenvalue weighted by Gasteiger charge is -2.03. The van der Waals surface area contributed by atoms with Crippen molar-refractivity contribution in [3.8, 4) is 0 Å². The first-order chi connectivity index (χ1) is 7.93. The molecule has 2 aromatic carbocycles. The van der Waals surface area contributed by atoms with Gasteiger partial charge in [0, 0.05) is 10.9 Å². The zero-order valence-electron chi connectivity index (χ0n) is 8.90. The summed E-state index contributed by atoms with van der Waals surface area (Å²) in [5.41, 5.74) is 3.85. The highest BCUT2D eigenvalue weighted by atomic mass is 14.7. The van der Waals surface area contributed by atoms with Crippen molar-refractivity contribution >= 4 is 10.9 Å². The Bertz CT molecular complexity index is 593. The largest absolute Gasteiger partial charge is 0.353 e. The number of aromatic amines is 1. The van der Waals surface area contributed by atoms with Crippen molar-refractivity contribution in [2.75, 3.05) is 0 Å². The van der Waals surface area contributed by atoms with Gasteiger partial charge in [0.05, 0.1) is 6.20 Å². The van der Waals surface area contributed by atoms with E-state index < -0.39 is 0 Å². The highest BCUT2D eigenvalue weighted by Crippen LogP contribution is 2.19. The van der Waals surface area contributed by atoms with Gasteiger partial charge in [0.1, 0.15) is 0 Å². The molecule has 0 spiro atoms. The zero-order chi connectivity index (χ0) is 10.8. The first-order valence-electron chi connectivity index (χ1n) is 5.44. The monoisotopic (exact) mass is 206 g/mol. The quantitative estimate of drug-likeness (QED) is 0.660. The summed E-state index contributed by atoms with van der Waals surface area (Å²) in [6.07, 6.45) is 4.01. The molecule has 0 amide bonds. The number of aromatic nitrogens is 1.